The molecule has 430 valence electrons. The number of halogens is 1. The molecule has 6 saturated heterocycles. The molecule has 4 N–H and O–H groups in total. The Morgan fingerprint density at radius 2 is 1.79 bits per heavy atom. The monoisotopic (exact) mass is 1130 g/mol. The fourth-order valence-corrected chi connectivity index (χ4v) is 15.1. The van der Waals surface area contributed by atoms with Crippen molar-refractivity contribution in [2.24, 2.45) is 5.92 Å². The molecule has 8 atom stereocenters. The van der Waals surface area contributed by atoms with Gasteiger partial charge < -0.3 is 44.6 Å². The van der Waals surface area contributed by atoms with Crippen molar-refractivity contribution in [3.8, 4) is 39.3 Å². The molecule has 7 aromatic rings. The normalized spacial score (nSPS) is 24.6. The number of phenolic OH excluding ortho intramolecular Hbond substituents is 1. The van der Waals surface area contributed by atoms with E-state index < -0.39 is 23.9 Å². The summed E-state index contributed by atoms with van der Waals surface area (Å²) in [5.74, 6) is -0.799. The second-order valence-corrected chi connectivity index (χ2v) is 25.0. The zero-order chi connectivity index (χ0) is 56.6. The summed E-state index contributed by atoms with van der Waals surface area (Å²) in [6, 6.07) is 18.9. The molecule has 2 unspecified atom stereocenters. The van der Waals surface area contributed by atoms with Gasteiger partial charge in [0.15, 0.2) is 11.6 Å². The van der Waals surface area contributed by atoms with E-state index >= 15 is 4.39 Å². The third kappa shape index (κ3) is 10.2. The van der Waals surface area contributed by atoms with E-state index in [4.69, 9.17) is 28.9 Å². The quantitative estimate of drug-likeness (QED) is 0.0676. The zero-order valence-corrected chi connectivity index (χ0v) is 48.0. The summed E-state index contributed by atoms with van der Waals surface area (Å²) in [4.78, 5) is 57.2. The number of aliphatic hydroxyl groups is 1. The van der Waals surface area contributed by atoms with E-state index in [9.17, 15) is 19.8 Å². The van der Waals surface area contributed by atoms with Gasteiger partial charge in [0.05, 0.1) is 39.2 Å². The lowest BCUT2D eigenvalue weighted by Gasteiger charge is -2.42. The maximum absolute atomic E-state index is 17.4. The minimum Gasteiger partial charge on any atom is -0.508 e. The van der Waals surface area contributed by atoms with Crippen molar-refractivity contribution in [1.82, 2.24) is 50.4 Å². The fourth-order valence-electron chi connectivity index (χ4n) is 14.3. The van der Waals surface area contributed by atoms with Crippen molar-refractivity contribution in [2.45, 2.75) is 140 Å². The van der Waals surface area contributed by atoms with Crippen molar-refractivity contribution in [2.75, 3.05) is 57.3 Å². The number of aromatic hydroxyl groups is 1. The van der Waals surface area contributed by atoms with Gasteiger partial charge in [-0.1, -0.05) is 63.2 Å². The van der Waals surface area contributed by atoms with Crippen molar-refractivity contribution < 1.29 is 38.2 Å². The first-order valence-electron chi connectivity index (χ1n) is 29.4. The van der Waals surface area contributed by atoms with Crippen molar-refractivity contribution in [1.29, 1.82) is 0 Å². The Hall–Kier alpha value is -6.84. The second-order valence-electron chi connectivity index (χ2n) is 24.2. The molecular weight excluding hydrogens is 1060 g/mol. The van der Waals surface area contributed by atoms with Gasteiger partial charge in [-0.05, 0) is 116 Å². The minimum absolute atomic E-state index is 0.0397. The number of β-amino-alcohol motifs (C(OH)–C–C–N with tert-alkyl or cyclic N) is 1. The van der Waals surface area contributed by atoms with Crippen LogP contribution < -0.4 is 25.0 Å². The highest BCUT2D eigenvalue weighted by Gasteiger charge is 2.51. The number of anilines is 1. The third-order valence-corrected chi connectivity index (χ3v) is 19.4. The summed E-state index contributed by atoms with van der Waals surface area (Å²) < 4.78 is 36.3. The topological polar surface area (TPSA) is 208 Å². The first kappa shape index (κ1) is 54.4. The van der Waals surface area contributed by atoms with E-state index in [-0.39, 0.29) is 71.4 Å². The Bertz CT molecular complexity index is 3530. The first-order chi connectivity index (χ1) is 39.7. The van der Waals surface area contributed by atoms with E-state index in [1.807, 2.05) is 75.7 Å². The predicted molar refractivity (Wildman–Crippen MR) is 311 cm³/mol. The van der Waals surface area contributed by atoms with Gasteiger partial charge in [0.1, 0.15) is 47.4 Å². The Morgan fingerprint density at radius 1 is 0.988 bits per heavy atom. The zero-order valence-electron chi connectivity index (χ0n) is 47.2. The molecule has 2 amide bonds. The van der Waals surface area contributed by atoms with Gasteiger partial charge in [0, 0.05) is 81.6 Å². The molecule has 0 spiro atoms. The Kier molecular flexibility index (Phi) is 14.6. The number of amides is 2. The number of carbonyl (C=O) groups is 2. The summed E-state index contributed by atoms with van der Waals surface area (Å²) >= 11 is 1.59. The molecule has 0 saturated carbocycles. The minimum atomic E-state index is -0.847. The number of nitrogens with zero attached hydrogens (tertiary/aromatic N) is 9. The highest BCUT2D eigenvalue weighted by atomic mass is 32.1. The van der Waals surface area contributed by atoms with E-state index in [1.165, 1.54) is 4.90 Å². The van der Waals surface area contributed by atoms with Crippen molar-refractivity contribution in [3.05, 3.63) is 101 Å². The van der Waals surface area contributed by atoms with Crippen molar-refractivity contribution >= 4 is 50.6 Å². The van der Waals surface area contributed by atoms with Gasteiger partial charge >= 0.3 is 6.01 Å². The largest absolute Gasteiger partial charge is 0.508 e. The van der Waals surface area contributed by atoms with Gasteiger partial charge in [-0.25, -0.2) is 9.37 Å². The Balaban J connectivity index is 0.649. The highest BCUT2D eigenvalue weighted by Crippen LogP contribution is 2.45. The van der Waals surface area contributed by atoms with Crippen LogP contribution in [0.4, 0.5) is 10.2 Å². The molecule has 82 heavy (non-hydrogen) atoms. The summed E-state index contributed by atoms with van der Waals surface area (Å²) in [5, 5.41) is 34.9. The molecule has 6 aliphatic heterocycles. The summed E-state index contributed by atoms with van der Waals surface area (Å²) in [7, 11) is 0. The van der Waals surface area contributed by atoms with E-state index in [1.54, 1.807) is 35.7 Å². The Labute approximate surface area is 480 Å². The SMILES string of the molecule is CCc1cccc2cc(O)cc(-c3ncc4c(N5CC6CCC(C5)N6)nc(OC[C@@]56CCCN5[C@H](CN5CC(Oc7cc([C@H](C(=O)N8C[C@H](O)C[C@H]8C(=O)N[C@@H](C)c8ccc(-c9scnc9C)cc8)C(C)C)on7)C5)CC6)nc4c3F)c12. The van der Waals surface area contributed by atoms with E-state index in [0.717, 1.165) is 109 Å². The lowest BCUT2D eigenvalue weighted by atomic mass is 9.91. The number of aliphatic hydroxyl groups excluding tert-OH is 1. The van der Waals surface area contributed by atoms with Crippen LogP contribution in [0.5, 0.6) is 17.6 Å². The highest BCUT2D eigenvalue weighted by molar-refractivity contribution is 7.13. The number of benzene rings is 3. The third-order valence-electron chi connectivity index (χ3n) is 18.4. The van der Waals surface area contributed by atoms with E-state index in [2.05, 4.69) is 42.4 Å². The lowest BCUT2D eigenvalue weighted by molar-refractivity contribution is -0.141. The first-order valence-corrected chi connectivity index (χ1v) is 30.2. The van der Waals surface area contributed by atoms with Gasteiger partial charge in [-0.2, -0.15) is 9.97 Å². The number of nitrogens with one attached hydrogen (secondary N) is 2. The second kappa shape index (κ2) is 22.1. The molecule has 6 aliphatic rings. The molecule has 6 fully saturated rings. The van der Waals surface area contributed by atoms with Crippen LogP contribution in [-0.2, 0) is 16.0 Å². The standard InChI is InChI=1S/C62H72FN11O7S/c1-6-37-9-7-10-40-21-44(75)22-47(53(37)40)55-54(63)56-48(25-64-55)58(72-26-41-15-16-42(27-72)67-41)69-61(68-56)79-32-62-18-8-20-74(62)43(17-19-62)28-71-30-46(31-71)80-51-24-50(81-70-51)52(34(2)3)60(78)73-29-45(76)23-49(73)59(77)66-35(4)38-11-13-39(14-12-38)57-36(5)65-33-82-57/h7,9-14,21-22,24-25,33-35,41-43,45-46,49,52,67,75-76H,6,8,15-20,23,26-32H2,1-5H3,(H,66,77)/t35-,41?,42?,43-,45+,49-,52+,62-/m0/s1. The number of phenols is 1. The van der Waals surface area contributed by atoms with Crippen LogP contribution in [0.15, 0.2) is 76.9 Å². The van der Waals surface area contributed by atoms with Crippen LogP contribution in [0, 0.1) is 18.7 Å². The molecular formula is C62H72FN11O7S. The fraction of sp³-hybridized carbons (Fsp3) is 0.500. The average molecular weight is 1130 g/mol. The molecule has 3 aromatic carbocycles. The van der Waals surface area contributed by atoms with Crippen LogP contribution in [0.2, 0.25) is 0 Å². The van der Waals surface area contributed by atoms with Crippen LogP contribution in [-0.4, -0.2) is 156 Å². The maximum Gasteiger partial charge on any atom is 0.319 e. The van der Waals surface area contributed by atoms with Gasteiger partial charge in [0.25, 0.3) is 5.88 Å². The number of aromatic nitrogens is 5. The van der Waals surface area contributed by atoms with Crippen LogP contribution in [0.3, 0.4) is 0 Å². The number of fused-ring (bicyclic) bond motifs is 5. The van der Waals surface area contributed by atoms with Gasteiger partial charge in [-0.15, -0.1) is 11.3 Å². The Morgan fingerprint density at radius 3 is 2.55 bits per heavy atom. The summed E-state index contributed by atoms with van der Waals surface area (Å²) in [5.41, 5.74) is 6.43. The van der Waals surface area contributed by atoms with Gasteiger partial charge in [-0.3, -0.25) is 24.4 Å². The maximum atomic E-state index is 17.4. The number of pyridine rings is 1. The lowest BCUT2D eigenvalue weighted by Crippen LogP contribution is -2.58. The van der Waals surface area contributed by atoms with Crippen LogP contribution >= 0.6 is 11.3 Å². The number of likely N-dealkylation sites (tertiary alicyclic amines) is 2. The molecule has 13 rings (SSSR count). The average Bonchev–Trinajstić information content (AvgIpc) is 3.73. The number of hydrogen-bond acceptors (Lipinski definition) is 17. The molecule has 20 heteroatoms. The van der Waals surface area contributed by atoms with Crippen molar-refractivity contribution in [3.63, 3.8) is 0 Å². The molecule has 0 radical (unpaired) electrons. The van der Waals surface area contributed by atoms with E-state index in [0.29, 0.717) is 66.2 Å². The number of thiazole rings is 1. The number of hydrogen-bond donors (Lipinski definition) is 4. The summed E-state index contributed by atoms with van der Waals surface area (Å²) in [6.45, 7) is 15.0. The summed E-state index contributed by atoms with van der Waals surface area (Å²) in [6.07, 6.45) is 7.75. The van der Waals surface area contributed by atoms with Crippen LogP contribution in [0.25, 0.3) is 43.4 Å². The molecule has 0 aliphatic carbocycles. The molecule has 18 nitrogen and oxygen atoms in total. The number of aryl methyl sites for hydroxylation is 2. The number of piperazine rings is 1. The molecule has 2 bridgehead atoms. The van der Waals surface area contributed by atoms with Gasteiger partial charge in [0.2, 0.25) is 11.8 Å². The number of rotatable bonds is 17. The van der Waals surface area contributed by atoms with Crippen LogP contribution in [0.1, 0.15) is 107 Å². The molecule has 4 aromatic heterocycles. The number of ether oxygens (including phenoxy) is 2. The number of carbonyl (C=O) groups excluding carboxylic acids is 2. The smallest absolute Gasteiger partial charge is 0.319 e. The predicted octanol–water partition coefficient (Wildman–Crippen LogP) is 8.33. The molecule has 10 heterocycles.